The number of halogens is 3. The maximum Gasteiger partial charge on any atom is 0.273 e. The molecule has 0 heterocycles. The van der Waals surface area contributed by atoms with E-state index in [1.54, 1.807) is 0 Å². The van der Waals surface area contributed by atoms with Crippen molar-refractivity contribution in [2.75, 3.05) is 21.3 Å². The van der Waals surface area contributed by atoms with Crippen LogP contribution in [0, 0.1) is 0 Å². The van der Waals surface area contributed by atoms with Gasteiger partial charge in [0.25, 0.3) is 6.48 Å². The van der Waals surface area contributed by atoms with Crippen molar-refractivity contribution >= 4 is 34.8 Å². The van der Waals surface area contributed by atoms with Crippen molar-refractivity contribution in [1.29, 1.82) is 0 Å². The number of methoxy groups -OCH3 is 3. The Morgan fingerprint density at radius 2 is 1.38 bits per heavy atom. The first kappa shape index (κ1) is 13.7. The number of hydrogen-bond acceptors (Lipinski definition) is 4. The number of alkyl halides is 3. The van der Waals surface area contributed by atoms with Crippen LogP contribution in [-0.2, 0) is 18.9 Å². The van der Waals surface area contributed by atoms with Crippen LogP contribution in [0.2, 0.25) is 0 Å². The number of ether oxygens (including phenoxy) is 4. The van der Waals surface area contributed by atoms with Crippen LogP contribution in [-0.4, -0.2) is 37.9 Å². The average molecular weight is 254 g/mol. The fourth-order valence-corrected chi connectivity index (χ4v) is 0.996. The predicted molar refractivity (Wildman–Crippen MR) is 50.0 cm³/mol. The first-order chi connectivity index (χ1) is 5.95. The van der Waals surface area contributed by atoms with E-state index in [1.165, 1.54) is 21.3 Å². The Balaban J connectivity index is 4.11. The van der Waals surface area contributed by atoms with Crippen LogP contribution in [0.15, 0.2) is 0 Å². The molecule has 13 heavy (non-hydrogen) atoms. The minimum atomic E-state index is -1.69. The number of hydrogen-bond donors (Lipinski definition) is 0. The van der Waals surface area contributed by atoms with Crippen molar-refractivity contribution < 1.29 is 18.9 Å². The zero-order valence-electron chi connectivity index (χ0n) is 7.42. The molecule has 0 rings (SSSR count). The lowest BCUT2D eigenvalue weighted by molar-refractivity contribution is -0.320. The molecule has 0 radical (unpaired) electrons. The molecule has 0 spiro atoms. The highest BCUT2D eigenvalue weighted by Gasteiger charge is 2.36. The first-order valence-corrected chi connectivity index (χ1v) is 4.39. The largest absolute Gasteiger partial charge is 0.352 e. The summed E-state index contributed by atoms with van der Waals surface area (Å²) in [7, 11) is 4.12. The molecule has 0 amide bonds. The van der Waals surface area contributed by atoms with Crippen molar-refractivity contribution in [3.8, 4) is 0 Å². The molecule has 0 aromatic heterocycles. The Kier molecular flexibility index (Phi) is 6.58. The summed E-state index contributed by atoms with van der Waals surface area (Å²) < 4.78 is 17.5. The Labute approximate surface area is 91.9 Å². The van der Waals surface area contributed by atoms with Gasteiger partial charge in [-0.25, -0.2) is 0 Å². The SMILES string of the molecule is COC(OC)OC(OC)C(Cl)(Cl)Cl. The van der Waals surface area contributed by atoms with Crippen molar-refractivity contribution in [3.05, 3.63) is 0 Å². The minimum Gasteiger partial charge on any atom is -0.352 e. The van der Waals surface area contributed by atoms with E-state index in [0.29, 0.717) is 0 Å². The lowest BCUT2D eigenvalue weighted by atomic mass is 10.7. The van der Waals surface area contributed by atoms with Crippen LogP contribution in [0.1, 0.15) is 0 Å². The Morgan fingerprint density at radius 1 is 0.923 bits per heavy atom. The molecule has 0 aliphatic rings. The lowest BCUT2D eigenvalue weighted by Gasteiger charge is -2.26. The first-order valence-electron chi connectivity index (χ1n) is 3.26. The van der Waals surface area contributed by atoms with Crippen LogP contribution in [0.5, 0.6) is 0 Å². The molecule has 0 fully saturated rings. The Hall–Kier alpha value is 0.710. The highest BCUT2D eigenvalue weighted by atomic mass is 35.6. The standard InChI is InChI=1S/C6H11Cl3O4/c1-10-4(6(7,8)9)13-5(11-2)12-3/h4-5H,1-3H3. The summed E-state index contributed by atoms with van der Waals surface area (Å²) in [6.45, 7) is -0.930. The van der Waals surface area contributed by atoms with Gasteiger partial charge in [-0.3, -0.25) is 4.74 Å². The van der Waals surface area contributed by atoms with Crippen LogP contribution < -0.4 is 0 Å². The van der Waals surface area contributed by atoms with Gasteiger partial charge in [0, 0.05) is 21.3 Å². The van der Waals surface area contributed by atoms with E-state index in [9.17, 15) is 0 Å². The van der Waals surface area contributed by atoms with Gasteiger partial charge in [0.05, 0.1) is 0 Å². The molecule has 7 heteroatoms. The monoisotopic (exact) mass is 252 g/mol. The van der Waals surface area contributed by atoms with Crippen LogP contribution >= 0.6 is 34.8 Å². The summed E-state index contributed by atoms with van der Waals surface area (Å²) in [4.78, 5) is 0. The number of rotatable bonds is 5. The normalized spacial score (nSPS) is 15.0. The van der Waals surface area contributed by atoms with Crippen molar-refractivity contribution in [1.82, 2.24) is 0 Å². The molecule has 0 N–H and O–H groups in total. The molecule has 4 nitrogen and oxygen atoms in total. The molecule has 0 saturated carbocycles. The highest BCUT2D eigenvalue weighted by molar-refractivity contribution is 6.67. The fraction of sp³-hybridized carbons (Fsp3) is 1.00. The van der Waals surface area contributed by atoms with Crippen LogP contribution in [0.3, 0.4) is 0 Å². The van der Waals surface area contributed by atoms with E-state index in [0.717, 1.165) is 0 Å². The van der Waals surface area contributed by atoms with Gasteiger partial charge < -0.3 is 14.2 Å². The van der Waals surface area contributed by atoms with Gasteiger partial charge in [0.2, 0.25) is 10.1 Å². The van der Waals surface area contributed by atoms with Crippen LogP contribution in [0.25, 0.3) is 0 Å². The van der Waals surface area contributed by atoms with Crippen molar-refractivity contribution in [2.24, 2.45) is 0 Å². The maximum absolute atomic E-state index is 5.53. The molecule has 0 aromatic rings. The summed E-state index contributed by atoms with van der Waals surface area (Å²) in [6.07, 6.45) is -1.05. The topological polar surface area (TPSA) is 36.9 Å². The van der Waals surface area contributed by atoms with Gasteiger partial charge >= 0.3 is 0 Å². The summed E-state index contributed by atoms with van der Waals surface area (Å²) in [5, 5.41) is 0. The second-order valence-electron chi connectivity index (χ2n) is 2.01. The average Bonchev–Trinajstić information content (AvgIpc) is 2.04. The molecular weight excluding hydrogens is 242 g/mol. The summed E-state index contributed by atoms with van der Waals surface area (Å²) >= 11 is 16.6. The molecule has 0 saturated heterocycles. The third kappa shape index (κ3) is 5.22. The molecular formula is C6H11Cl3O4. The quantitative estimate of drug-likeness (QED) is 0.554. The van der Waals surface area contributed by atoms with Crippen molar-refractivity contribution in [2.45, 2.75) is 16.6 Å². The zero-order valence-corrected chi connectivity index (χ0v) is 9.69. The second-order valence-corrected chi connectivity index (χ2v) is 4.37. The fourth-order valence-electron chi connectivity index (χ4n) is 0.575. The Morgan fingerprint density at radius 3 is 1.62 bits per heavy atom. The van der Waals surface area contributed by atoms with E-state index in [4.69, 9.17) is 53.8 Å². The van der Waals surface area contributed by atoms with E-state index < -0.39 is 16.6 Å². The van der Waals surface area contributed by atoms with Gasteiger partial charge in [-0.1, -0.05) is 34.8 Å². The van der Waals surface area contributed by atoms with Gasteiger partial charge in [-0.2, -0.15) is 0 Å². The second kappa shape index (κ2) is 6.24. The van der Waals surface area contributed by atoms with Gasteiger partial charge in [0.1, 0.15) is 0 Å². The van der Waals surface area contributed by atoms with Crippen LogP contribution in [0.4, 0.5) is 0 Å². The molecule has 0 bridgehead atoms. The molecule has 1 atom stereocenters. The summed E-state index contributed by atoms with van der Waals surface area (Å²) in [5.41, 5.74) is 0. The van der Waals surface area contributed by atoms with Gasteiger partial charge in [-0.05, 0) is 0 Å². The van der Waals surface area contributed by atoms with E-state index in [1.807, 2.05) is 0 Å². The lowest BCUT2D eigenvalue weighted by Crippen LogP contribution is -2.36. The van der Waals surface area contributed by atoms with Gasteiger partial charge in [-0.15, -0.1) is 0 Å². The molecule has 0 aromatic carbocycles. The Bertz CT molecular complexity index is 134. The molecule has 80 valence electrons. The zero-order chi connectivity index (χ0) is 10.5. The minimum absolute atomic E-state index is 0.930. The third-order valence-electron chi connectivity index (χ3n) is 1.10. The van der Waals surface area contributed by atoms with Gasteiger partial charge in [0.15, 0.2) is 0 Å². The maximum atomic E-state index is 5.53. The molecule has 1 unspecified atom stereocenters. The predicted octanol–water partition coefficient (Wildman–Crippen LogP) is 1.92. The molecule has 0 aliphatic carbocycles. The summed E-state index contributed by atoms with van der Waals surface area (Å²) in [5.74, 6) is 0. The smallest absolute Gasteiger partial charge is 0.273 e. The van der Waals surface area contributed by atoms with Crippen molar-refractivity contribution in [3.63, 3.8) is 0 Å². The third-order valence-corrected chi connectivity index (χ3v) is 1.64. The van der Waals surface area contributed by atoms with E-state index in [-0.39, 0.29) is 0 Å². The van der Waals surface area contributed by atoms with E-state index in [2.05, 4.69) is 0 Å². The van der Waals surface area contributed by atoms with E-state index >= 15 is 0 Å². The summed E-state index contributed by atoms with van der Waals surface area (Å²) in [6, 6.07) is 0. The molecule has 0 aliphatic heterocycles. The highest BCUT2D eigenvalue weighted by Crippen LogP contribution is 2.33.